The summed E-state index contributed by atoms with van der Waals surface area (Å²) in [5.41, 5.74) is 12.3. The van der Waals surface area contributed by atoms with Crippen molar-refractivity contribution >= 4 is 0 Å². The molecule has 4 N–H and O–H groups in total. The van der Waals surface area contributed by atoms with Crippen LogP contribution in [0.1, 0.15) is 77.0 Å². The first kappa shape index (κ1) is 15.9. The van der Waals surface area contributed by atoms with Gasteiger partial charge < -0.3 is 0 Å². The molecule has 0 saturated carbocycles. The minimum Gasteiger partial charge on any atom is -0.243 e. The fourth-order valence-corrected chi connectivity index (χ4v) is 2.41. The molecule has 1 rings (SSSR count). The zero-order valence-corrected chi connectivity index (χ0v) is 11.9. The van der Waals surface area contributed by atoms with Crippen LogP contribution in [0.2, 0.25) is 0 Å². The van der Waals surface area contributed by atoms with Crippen LogP contribution in [0.25, 0.3) is 0 Å². The molecule has 4 heteroatoms. The van der Waals surface area contributed by atoms with Gasteiger partial charge in [-0.05, 0) is 12.8 Å². The number of nitrogens with one attached hydrogen (secondary N) is 4. The zero-order chi connectivity index (χ0) is 12.7. The van der Waals surface area contributed by atoms with Crippen molar-refractivity contribution in [1.29, 1.82) is 0 Å². The molecule has 0 aromatic carbocycles. The minimum atomic E-state index is 1.04. The molecule has 0 aromatic heterocycles. The first-order valence-corrected chi connectivity index (χ1v) is 7.96. The van der Waals surface area contributed by atoms with Gasteiger partial charge in [-0.15, -0.1) is 0 Å². The van der Waals surface area contributed by atoms with E-state index in [9.17, 15) is 0 Å². The van der Waals surface area contributed by atoms with Crippen molar-refractivity contribution in [1.82, 2.24) is 21.9 Å². The van der Waals surface area contributed by atoms with Crippen LogP contribution in [0.15, 0.2) is 0 Å². The van der Waals surface area contributed by atoms with Gasteiger partial charge in [0.1, 0.15) is 0 Å². The van der Waals surface area contributed by atoms with Gasteiger partial charge in [0.15, 0.2) is 0 Å². The predicted molar refractivity (Wildman–Crippen MR) is 77.7 cm³/mol. The van der Waals surface area contributed by atoms with E-state index in [1.165, 1.54) is 77.0 Å². The molecule has 0 radical (unpaired) electrons. The molecule has 1 aliphatic rings. The van der Waals surface area contributed by atoms with Crippen LogP contribution in [0.3, 0.4) is 0 Å². The number of hydrogen-bond acceptors (Lipinski definition) is 4. The van der Waals surface area contributed by atoms with E-state index in [-0.39, 0.29) is 0 Å². The normalized spacial score (nSPS) is 24.0. The van der Waals surface area contributed by atoms with Gasteiger partial charge in [0, 0.05) is 13.1 Å². The van der Waals surface area contributed by atoms with Crippen LogP contribution in [-0.2, 0) is 0 Å². The standard InChI is InChI=1S/C14H32N4/c1-2-4-6-8-10-12-14-16-18-17-15-13-11-9-7-5-3-1/h15-18H,1-14H2. The highest BCUT2D eigenvalue weighted by Crippen LogP contribution is 2.11. The van der Waals surface area contributed by atoms with Crippen molar-refractivity contribution in [2.24, 2.45) is 0 Å². The molecular weight excluding hydrogens is 224 g/mol. The number of hydrogen-bond donors (Lipinski definition) is 4. The molecule has 1 fully saturated rings. The van der Waals surface area contributed by atoms with Crippen molar-refractivity contribution in [2.75, 3.05) is 13.1 Å². The molecule has 1 aliphatic heterocycles. The van der Waals surface area contributed by atoms with Crippen LogP contribution >= 0.6 is 0 Å². The Morgan fingerprint density at radius 2 is 0.611 bits per heavy atom. The second-order valence-electron chi connectivity index (χ2n) is 5.35. The highest BCUT2D eigenvalue weighted by Gasteiger charge is 1.95. The summed E-state index contributed by atoms with van der Waals surface area (Å²) in [5, 5.41) is 0. The van der Waals surface area contributed by atoms with E-state index >= 15 is 0 Å². The summed E-state index contributed by atoms with van der Waals surface area (Å²) < 4.78 is 0. The largest absolute Gasteiger partial charge is 0.243 e. The third-order valence-electron chi connectivity index (χ3n) is 3.59. The predicted octanol–water partition coefficient (Wildman–Crippen LogP) is 2.78. The highest BCUT2D eigenvalue weighted by molar-refractivity contribution is 4.50. The first-order valence-electron chi connectivity index (χ1n) is 7.96. The minimum absolute atomic E-state index is 1.04. The van der Waals surface area contributed by atoms with E-state index in [1.807, 2.05) is 0 Å². The Bertz CT molecular complexity index is 88.8. The maximum Gasteiger partial charge on any atom is 0.0113 e. The summed E-state index contributed by atoms with van der Waals surface area (Å²) >= 11 is 0. The maximum absolute atomic E-state index is 3.17. The van der Waals surface area contributed by atoms with Gasteiger partial charge in [0.25, 0.3) is 0 Å². The van der Waals surface area contributed by atoms with E-state index in [1.54, 1.807) is 0 Å². The van der Waals surface area contributed by atoms with Crippen molar-refractivity contribution in [2.45, 2.75) is 77.0 Å². The lowest BCUT2D eigenvalue weighted by atomic mass is 10.1. The van der Waals surface area contributed by atoms with E-state index in [0.717, 1.165) is 13.1 Å². The quantitative estimate of drug-likeness (QED) is 0.538. The SMILES string of the molecule is C1CCCCCCCNNNNCCCCCC1. The third-order valence-corrected chi connectivity index (χ3v) is 3.59. The second kappa shape index (κ2) is 13.3. The lowest BCUT2D eigenvalue weighted by Crippen LogP contribution is -2.51. The summed E-state index contributed by atoms with van der Waals surface area (Å²) in [6, 6.07) is 0. The van der Waals surface area contributed by atoms with E-state index in [2.05, 4.69) is 21.9 Å². The molecule has 0 unspecified atom stereocenters. The third kappa shape index (κ3) is 11.0. The molecule has 0 aromatic rings. The average molecular weight is 256 g/mol. The van der Waals surface area contributed by atoms with Crippen LogP contribution in [0.4, 0.5) is 0 Å². The monoisotopic (exact) mass is 256 g/mol. The molecule has 0 amide bonds. The molecule has 18 heavy (non-hydrogen) atoms. The highest BCUT2D eigenvalue weighted by atomic mass is 15.7. The Morgan fingerprint density at radius 1 is 0.333 bits per heavy atom. The van der Waals surface area contributed by atoms with Gasteiger partial charge >= 0.3 is 0 Å². The van der Waals surface area contributed by atoms with Crippen molar-refractivity contribution < 1.29 is 0 Å². The topological polar surface area (TPSA) is 48.1 Å². The summed E-state index contributed by atoms with van der Waals surface area (Å²) in [7, 11) is 0. The number of hydrazine groups is 3. The Labute approximate surface area is 113 Å². The van der Waals surface area contributed by atoms with Crippen LogP contribution in [0.5, 0.6) is 0 Å². The lowest BCUT2D eigenvalue weighted by Gasteiger charge is -2.10. The van der Waals surface area contributed by atoms with E-state index < -0.39 is 0 Å². The van der Waals surface area contributed by atoms with Crippen molar-refractivity contribution in [3.05, 3.63) is 0 Å². The van der Waals surface area contributed by atoms with Crippen LogP contribution in [0, 0.1) is 0 Å². The first-order chi connectivity index (χ1) is 9.00. The molecule has 4 nitrogen and oxygen atoms in total. The Morgan fingerprint density at radius 3 is 0.944 bits per heavy atom. The fraction of sp³-hybridized carbons (Fsp3) is 1.00. The molecule has 1 saturated heterocycles. The average Bonchev–Trinajstić information content (AvgIpc) is 2.39. The molecular formula is C14H32N4. The lowest BCUT2D eigenvalue weighted by molar-refractivity contribution is 0.359. The summed E-state index contributed by atoms with van der Waals surface area (Å²) in [4.78, 5) is 0. The summed E-state index contributed by atoms with van der Waals surface area (Å²) in [6.45, 7) is 2.07. The van der Waals surface area contributed by atoms with E-state index in [4.69, 9.17) is 0 Å². The van der Waals surface area contributed by atoms with Gasteiger partial charge in [-0.3, -0.25) is 0 Å². The molecule has 0 aliphatic carbocycles. The molecule has 1 heterocycles. The van der Waals surface area contributed by atoms with Gasteiger partial charge in [-0.2, -0.15) is 11.1 Å². The van der Waals surface area contributed by atoms with Crippen LogP contribution < -0.4 is 21.9 Å². The Kier molecular flexibility index (Phi) is 11.7. The summed E-state index contributed by atoms with van der Waals surface area (Å²) in [5.74, 6) is 0. The molecule has 0 atom stereocenters. The van der Waals surface area contributed by atoms with Crippen molar-refractivity contribution in [3.63, 3.8) is 0 Å². The van der Waals surface area contributed by atoms with E-state index in [0.29, 0.717) is 0 Å². The fourth-order valence-electron chi connectivity index (χ4n) is 2.41. The maximum atomic E-state index is 3.17. The Balaban J connectivity index is 2.00. The second-order valence-corrected chi connectivity index (χ2v) is 5.35. The molecule has 0 spiro atoms. The molecule has 108 valence electrons. The van der Waals surface area contributed by atoms with Crippen molar-refractivity contribution in [3.8, 4) is 0 Å². The van der Waals surface area contributed by atoms with Gasteiger partial charge in [0.05, 0.1) is 0 Å². The number of rotatable bonds is 0. The van der Waals surface area contributed by atoms with Crippen LogP contribution in [-0.4, -0.2) is 13.1 Å². The summed E-state index contributed by atoms with van der Waals surface area (Å²) in [6.07, 6.45) is 16.6. The van der Waals surface area contributed by atoms with Gasteiger partial charge in [0.2, 0.25) is 0 Å². The zero-order valence-electron chi connectivity index (χ0n) is 11.9. The smallest absolute Gasteiger partial charge is 0.0113 e. The van der Waals surface area contributed by atoms with Gasteiger partial charge in [-0.1, -0.05) is 64.2 Å². The molecule has 0 bridgehead atoms. The van der Waals surface area contributed by atoms with Gasteiger partial charge in [-0.25, -0.2) is 10.9 Å². The Hall–Kier alpha value is -0.160.